The summed E-state index contributed by atoms with van der Waals surface area (Å²) in [5.41, 5.74) is 6.06. The molecule has 7 heteroatoms. The first-order chi connectivity index (χ1) is 9.37. The van der Waals surface area contributed by atoms with E-state index in [9.17, 15) is 12.8 Å². The molecule has 0 amide bonds. The lowest BCUT2D eigenvalue weighted by Crippen LogP contribution is -2.41. The van der Waals surface area contributed by atoms with Crippen LogP contribution in [0.25, 0.3) is 0 Å². The normalized spacial score (nSPS) is 23.4. The first kappa shape index (κ1) is 15.4. The van der Waals surface area contributed by atoms with Crippen molar-refractivity contribution in [3.05, 3.63) is 29.6 Å². The topological polar surface area (TPSA) is 72.6 Å². The Morgan fingerprint density at radius 3 is 2.75 bits per heavy atom. The molecule has 2 rings (SSSR count). The Hall–Kier alpha value is -1.02. The number of hydrogen-bond donors (Lipinski definition) is 1. The van der Waals surface area contributed by atoms with Gasteiger partial charge in [0, 0.05) is 20.2 Å². The van der Waals surface area contributed by atoms with Crippen molar-refractivity contribution in [1.82, 2.24) is 4.31 Å². The summed E-state index contributed by atoms with van der Waals surface area (Å²) in [4.78, 5) is -0.331. The van der Waals surface area contributed by atoms with Gasteiger partial charge in [-0.3, -0.25) is 0 Å². The molecule has 1 saturated heterocycles. The molecule has 0 bridgehead atoms. The van der Waals surface area contributed by atoms with Crippen LogP contribution in [-0.2, 0) is 21.3 Å². The lowest BCUT2D eigenvalue weighted by atomic mass is 10.2. The highest BCUT2D eigenvalue weighted by Gasteiger charge is 2.36. The summed E-state index contributed by atoms with van der Waals surface area (Å²) in [5.74, 6) is -0.763. The Balaban J connectivity index is 2.39. The van der Waals surface area contributed by atoms with E-state index in [0.29, 0.717) is 18.6 Å². The molecule has 0 radical (unpaired) electrons. The molecule has 1 heterocycles. The molecule has 0 aliphatic carbocycles. The maximum atomic E-state index is 13.9. The highest BCUT2D eigenvalue weighted by atomic mass is 32.2. The van der Waals surface area contributed by atoms with E-state index in [0.717, 1.165) is 6.07 Å². The van der Waals surface area contributed by atoms with Crippen LogP contribution in [-0.4, -0.2) is 38.5 Å². The van der Waals surface area contributed by atoms with E-state index in [2.05, 4.69) is 0 Å². The number of likely N-dealkylation sites (N-methyl/N-ethyl adjacent to an activating group) is 1. The molecular weight excluding hydrogens is 283 g/mol. The second-order valence-electron chi connectivity index (χ2n) is 4.92. The first-order valence-corrected chi connectivity index (χ1v) is 7.90. The Labute approximate surface area is 118 Å². The van der Waals surface area contributed by atoms with Crippen molar-refractivity contribution in [3.63, 3.8) is 0 Å². The van der Waals surface area contributed by atoms with Crippen molar-refractivity contribution in [2.24, 2.45) is 5.73 Å². The van der Waals surface area contributed by atoms with Crippen LogP contribution < -0.4 is 5.73 Å². The third-order valence-corrected chi connectivity index (χ3v) is 5.59. The van der Waals surface area contributed by atoms with Crippen LogP contribution in [0.3, 0.4) is 0 Å². The predicted octanol–water partition coefficient (Wildman–Crippen LogP) is 1.08. The average molecular weight is 302 g/mol. The van der Waals surface area contributed by atoms with Crippen LogP contribution in [0.2, 0.25) is 0 Å². The fourth-order valence-corrected chi connectivity index (χ4v) is 3.96. The average Bonchev–Trinajstić information content (AvgIpc) is 2.84. The minimum Gasteiger partial charge on any atom is -0.377 e. The smallest absolute Gasteiger partial charge is 0.246 e. The summed E-state index contributed by atoms with van der Waals surface area (Å²) in [5, 5.41) is 0. The summed E-state index contributed by atoms with van der Waals surface area (Å²) >= 11 is 0. The number of hydrogen-bond acceptors (Lipinski definition) is 4. The maximum Gasteiger partial charge on any atom is 0.246 e. The number of benzene rings is 1. The molecule has 2 atom stereocenters. The van der Waals surface area contributed by atoms with Gasteiger partial charge < -0.3 is 10.5 Å². The number of rotatable bonds is 4. The number of nitrogens with zero attached hydrogens (tertiary/aromatic N) is 1. The summed E-state index contributed by atoms with van der Waals surface area (Å²) in [6.45, 7) is 2.49. The van der Waals surface area contributed by atoms with E-state index in [1.807, 2.05) is 6.92 Å². The molecule has 2 unspecified atom stereocenters. The van der Waals surface area contributed by atoms with Crippen LogP contribution >= 0.6 is 0 Å². The van der Waals surface area contributed by atoms with Crippen molar-refractivity contribution in [1.29, 1.82) is 0 Å². The van der Waals surface area contributed by atoms with Crippen molar-refractivity contribution >= 4 is 10.0 Å². The Kier molecular flexibility index (Phi) is 4.43. The van der Waals surface area contributed by atoms with Crippen LogP contribution in [0.4, 0.5) is 4.39 Å². The molecule has 0 spiro atoms. The third-order valence-electron chi connectivity index (χ3n) is 3.69. The van der Waals surface area contributed by atoms with Gasteiger partial charge in [0.15, 0.2) is 0 Å². The van der Waals surface area contributed by atoms with Crippen LogP contribution in [0, 0.1) is 5.82 Å². The molecule has 112 valence electrons. The lowest BCUT2D eigenvalue weighted by Gasteiger charge is -2.26. The minimum absolute atomic E-state index is 0.162. The fourth-order valence-electron chi connectivity index (χ4n) is 2.40. The number of sulfonamides is 1. The van der Waals surface area contributed by atoms with Crippen molar-refractivity contribution in [2.75, 3.05) is 13.7 Å². The predicted molar refractivity (Wildman–Crippen MR) is 73.1 cm³/mol. The Morgan fingerprint density at radius 1 is 1.50 bits per heavy atom. The van der Waals surface area contributed by atoms with Crippen LogP contribution in [0.1, 0.15) is 18.9 Å². The molecule has 20 heavy (non-hydrogen) atoms. The molecule has 1 aromatic rings. The summed E-state index contributed by atoms with van der Waals surface area (Å²) in [7, 11) is -2.44. The second-order valence-corrected chi connectivity index (χ2v) is 6.89. The van der Waals surface area contributed by atoms with Crippen molar-refractivity contribution in [2.45, 2.75) is 36.9 Å². The largest absolute Gasteiger partial charge is 0.377 e. The zero-order chi connectivity index (χ0) is 14.9. The molecule has 0 saturated carbocycles. The Morgan fingerprint density at radius 2 is 2.20 bits per heavy atom. The number of nitrogens with two attached hydrogens (primary N) is 1. The standard InChI is InChI=1S/C13H19FN2O3S/c1-9-12(5-6-19-9)16(2)20(17,18)13-7-10(8-15)3-4-11(13)14/h3-4,7,9,12H,5-6,8,15H2,1-2H3. The molecule has 1 aliphatic rings. The van der Waals surface area contributed by atoms with Gasteiger partial charge in [-0.1, -0.05) is 6.07 Å². The quantitative estimate of drug-likeness (QED) is 0.903. The molecule has 1 fully saturated rings. The highest BCUT2D eigenvalue weighted by molar-refractivity contribution is 7.89. The van der Waals surface area contributed by atoms with Gasteiger partial charge in [-0.05, 0) is 31.0 Å². The van der Waals surface area contributed by atoms with Crippen molar-refractivity contribution in [3.8, 4) is 0 Å². The van der Waals surface area contributed by atoms with E-state index in [-0.39, 0.29) is 23.6 Å². The van der Waals surface area contributed by atoms with Gasteiger partial charge in [-0.25, -0.2) is 12.8 Å². The van der Waals surface area contributed by atoms with Gasteiger partial charge >= 0.3 is 0 Å². The van der Waals surface area contributed by atoms with Crippen LogP contribution in [0.15, 0.2) is 23.1 Å². The van der Waals surface area contributed by atoms with Crippen LogP contribution in [0.5, 0.6) is 0 Å². The van der Waals surface area contributed by atoms with Gasteiger partial charge in [0.1, 0.15) is 10.7 Å². The number of ether oxygens (including phenoxy) is 1. The first-order valence-electron chi connectivity index (χ1n) is 6.46. The summed E-state index contributed by atoms with van der Waals surface area (Å²) < 4.78 is 45.5. The fraction of sp³-hybridized carbons (Fsp3) is 0.538. The molecular formula is C13H19FN2O3S. The van der Waals surface area contributed by atoms with Gasteiger partial charge in [0.05, 0.1) is 12.1 Å². The minimum atomic E-state index is -3.90. The monoisotopic (exact) mass is 302 g/mol. The SMILES string of the molecule is CC1OCCC1N(C)S(=O)(=O)c1cc(CN)ccc1F. The summed E-state index contributed by atoms with van der Waals surface area (Å²) in [6.07, 6.45) is 0.408. The van der Waals surface area contributed by atoms with E-state index >= 15 is 0 Å². The van der Waals surface area contributed by atoms with Crippen molar-refractivity contribution < 1.29 is 17.5 Å². The highest BCUT2D eigenvalue weighted by Crippen LogP contribution is 2.26. The zero-order valence-electron chi connectivity index (χ0n) is 11.5. The second kappa shape index (κ2) is 5.77. The van der Waals surface area contributed by atoms with E-state index in [1.54, 1.807) is 0 Å². The van der Waals surface area contributed by atoms with E-state index in [4.69, 9.17) is 10.5 Å². The van der Waals surface area contributed by atoms with Gasteiger partial charge in [-0.15, -0.1) is 0 Å². The Bertz CT molecular complexity index is 591. The summed E-state index contributed by atoms with van der Waals surface area (Å²) in [6, 6.07) is 3.63. The molecule has 2 N–H and O–H groups in total. The zero-order valence-corrected chi connectivity index (χ0v) is 12.4. The van der Waals surface area contributed by atoms with Gasteiger partial charge in [-0.2, -0.15) is 4.31 Å². The molecule has 1 aromatic carbocycles. The van der Waals surface area contributed by atoms with E-state index < -0.39 is 15.8 Å². The molecule has 0 aromatic heterocycles. The molecule has 5 nitrogen and oxygen atoms in total. The lowest BCUT2D eigenvalue weighted by molar-refractivity contribution is 0.102. The van der Waals surface area contributed by atoms with E-state index in [1.165, 1.54) is 23.5 Å². The van der Waals surface area contributed by atoms with Gasteiger partial charge in [0.25, 0.3) is 0 Å². The maximum absolute atomic E-state index is 13.9. The number of halogens is 1. The third kappa shape index (κ3) is 2.71. The molecule has 1 aliphatic heterocycles. The van der Waals surface area contributed by atoms with Gasteiger partial charge in [0.2, 0.25) is 10.0 Å².